The first kappa shape index (κ1) is 20.9. The number of benzene rings is 1. The molecular formula is C21H35FN6. The maximum absolute atomic E-state index is 14.0. The van der Waals surface area contributed by atoms with Crippen LogP contribution in [0.15, 0.2) is 29.3 Å². The minimum absolute atomic E-state index is 0.140. The first-order valence-corrected chi connectivity index (χ1v) is 10.5. The van der Waals surface area contributed by atoms with Crippen LogP contribution in [0.4, 0.5) is 10.1 Å². The van der Waals surface area contributed by atoms with E-state index in [1.54, 1.807) is 6.07 Å². The predicted molar refractivity (Wildman–Crippen MR) is 115 cm³/mol. The van der Waals surface area contributed by atoms with Crippen LogP contribution < -0.4 is 10.2 Å². The van der Waals surface area contributed by atoms with Gasteiger partial charge >= 0.3 is 0 Å². The van der Waals surface area contributed by atoms with Gasteiger partial charge in [-0.05, 0) is 38.6 Å². The summed E-state index contributed by atoms with van der Waals surface area (Å²) in [6.07, 6.45) is 2.37. The van der Waals surface area contributed by atoms with Crippen LogP contribution in [-0.2, 0) is 0 Å². The second-order valence-electron chi connectivity index (χ2n) is 7.75. The molecule has 0 radical (unpaired) electrons. The molecule has 7 heteroatoms. The van der Waals surface area contributed by atoms with E-state index in [1.807, 2.05) is 19.2 Å². The van der Waals surface area contributed by atoms with Gasteiger partial charge in [0.25, 0.3) is 0 Å². The van der Waals surface area contributed by atoms with E-state index in [-0.39, 0.29) is 5.82 Å². The minimum atomic E-state index is -0.140. The van der Waals surface area contributed by atoms with Gasteiger partial charge < -0.3 is 24.9 Å². The third kappa shape index (κ3) is 5.82. The standard InChI is InChI=1S/C21H35FN6/c1-23-21(24-9-5-6-10-26-13-11-25(2)12-14-26)28-17-15-27(16-18-28)20-8-4-3-7-19(20)22/h3-4,7-8H,5-6,9-18H2,1-2H3,(H,23,24). The van der Waals surface area contributed by atoms with E-state index < -0.39 is 0 Å². The summed E-state index contributed by atoms with van der Waals surface area (Å²) in [6.45, 7) is 10.2. The van der Waals surface area contributed by atoms with E-state index in [1.165, 1.54) is 45.2 Å². The van der Waals surface area contributed by atoms with Crippen molar-refractivity contribution in [3.63, 3.8) is 0 Å². The van der Waals surface area contributed by atoms with Crippen molar-refractivity contribution in [2.75, 3.05) is 84.4 Å². The van der Waals surface area contributed by atoms with Crippen LogP contribution in [0.5, 0.6) is 0 Å². The number of hydrogen-bond donors (Lipinski definition) is 1. The summed E-state index contributed by atoms with van der Waals surface area (Å²) in [5.41, 5.74) is 0.703. The first-order valence-electron chi connectivity index (χ1n) is 10.5. The average Bonchev–Trinajstić information content (AvgIpc) is 2.73. The average molecular weight is 391 g/mol. The van der Waals surface area contributed by atoms with Crippen molar-refractivity contribution < 1.29 is 4.39 Å². The van der Waals surface area contributed by atoms with Crippen molar-refractivity contribution in [1.82, 2.24) is 20.0 Å². The highest BCUT2D eigenvalue weighted by atomic mass is 19.1. The van der Waals surface area contributed by atoms with Gasteiger partial charge in [0.2, 0.25) is 0 Å². The highest BCUT2D eigenvalue weighted by Gasteiger charge is 2.21. The zero-order valence-corrected chi connectivity index (χ0v) is 17.4. The van der Waals surface area contributed by atoms with Gasteiger partial charge in [0.1, 0.15) is 5.82 Å². The van der Waals surface area contributed by atoms with E-state index in [0.717, 1.165) is 45.1 Å². The molecule has 0 saturated carbocycles. The number of para-hydroxylation sites is 1. The molecule has 2 fully saturated rings. The lowest BCUT2D eigenvalue weighted by atomic mass is 10.2. The van der Waals surface area contributed by atoms with Crippen molar-refractivity contribution in [2.24, 2.45) is 4.99 Å². The van der Waals surface area contributed by atoms with Crippen molar-refractivity contribution in [2.45, 2.75) is 12.8 Å². The lowest BCUT2D eigenvalue weighted by molar-refractivity contribution is 0.152. The fourth-order valence-corrected chi connectivity index (χ4v) is 3.93. The number of piperazine rings is 2. The highest BCUT2D eigenvalue weighted by molar-refractivity contribution is 5.80. The molecule has 0 bridgehead atoms. The van der Waals surface area contributed by atoms with Gasteiger partial charge in [-0.3, -0.25) is 4.99 Å². The Hall–Kier alpha value is -1.86. The molecular weight excluding hydrogens is 355 g/mol. The molecule has 6 nitrogen and oxygen atoms in total. The number of likely N-dealkylation sites (N-methyl/N-ethyl adjacent to an activating group) is 1. The molecule has 1 aromatic carbocycles. The van der Waals surface area contributed by atoms with Crippen molar-refractivity contribution in [3.8, 4) is 0 Å². The lowest BCUT2D eigenvalue weighted by Gasteiger charge is -2.37. The molecule has 0 aliphatic carbocycles. The quantitative estimate of drug-likeness (QED) is 0.453. The fourth-order valence-electron chi connectivity index (χ4n) is 3.93. The summed E-state index contributed by atoms with van der Waals surface area (Å²) in [6, 6.07) is 7.03. The second-order valence-corrected chi connectivity index (χ2v) is 7.75. The Kier molecular flexibility index (Phi) is 7.91. The smallest absolute Gasteiger partial charge is 0.193 e. The lowest BCUT2D eigenvalue weighted by Crippen LogP contribution is -2.52. The molecule has 2 saturated heterocycles. The Bertz CT molecular complexity index is 621. The molecule has 0 aromatic heterocycles. The summed E-state index contributed by atoms with van der Waals surface area (Å²) >= 11 is 0. The zero-order valence-electron chi connectivity index (χ0n) is 17.4. The largest absolute Gasteiger partial charge is 0.366 e. The molecule has 2 aliphatic rings. The Morgan fingerprint density at radius 3 is 2.39 bits per heavy atom. The van der Waals surface area contributed by atoms with Gasteiger partial charge in [-0.25, -0.2) is 4.39 Å². The fraction of sp³-hybridized carbons (Fsp3) is 0.667. The van der Waals surface area contributed by atoms with Gasteiger partial charge in [0.05, 0.1) is 5.69 Å². The van der Waals surface area contributed by atoms with Crippen molar-refractivity contribution in [1.29, 1.82) is 0 Å². The van der Waals surface area contributed by atoms with Crippen molar-refractivity contribution >= 4 is 11.6 Å². The van der Waals surface area contributed by atoms with Gasteiger partial charge in [0, 0.05) is 66.0 Å². The van der Waals surface area contributed by atoms with Crippen LogP contribution in [0.1, 0.15) is 12.8 Å². The Morgan fingerprint density at radius 2 is 1.71 bits per heavy atom. The normalized spacial score (nSPS) is 19.9. The number of unbranched alkanes of at least 4 members (excludes halogenated alkanes) is 1. The molecule has 1 aromatic rings. The highest BCUT2D eigenvalue weighted by Crippen LogP contribution is 2.20. The molecule has 0 unspecified atom stereocenters. The summed E-state index contributed by atoms with van der Waals surface area (Å²) in [7, 11) is 4.04. The molecule has 3 rings (SSSR count). The van der Waals surface area contributed by atoms with Crippen LogP contribution in [0.3, 0.4) is 0 Å². The monoisotopic (exact) mass is 390 g/mol. The number of nitrogens with one attached hydrogen (secondary N) is 1. The molecule has 0 amide bonds. The topological polar surface area (TPSA) is 37.4 Å². The van der Waals surface area contributed by atoms with E-state index >= 15 is 0 Å². The Balaban J connectivity index is 1.34. The summed E-state index contributed by atoms with van der Waals surface area (Å²) in [4.78, 5) is 13.8. The summed E-state index contributed by atoms with van der Waals surface area (Å²) in [5.74, 6) is 0.826. The zero-order chi connectivity index (χ0) is 19.8. The van der Waals surface area contributed by atoms with E-state index in [4.69, 9.17) is 0 Å². The van der Waals surface area contributed by atoms with Gasteiger partial charge in [-0.15, -0.1) is 0 Å². The third-order valence-electron chi connectivity index (χ3n) is 5.76. The Labute approximate surface area is 169 Å². The van der Waals surface area contributed by atoms with Crippen molar-refractivity contribution in [3.05, 3.63) is 30.1 Å². The van der Waals surface area contributed by atoms with Crippen LogP contribution in [-0.4, -0.2) is 100 Å². The SMILES string of the molecule is CN=C(NCCCCN1CCN(C)CC1)N1CCN(c2ccccc2F)CC1. The van der Waals surface area contributed by atoms with E-state index in [2.05, 4.69) is 37.0 Å². The Morgan fingerprint density at radius 1 is 1.00 bits per heavy atom. The minimum Gasteiger partial charge on any atom is -0.366 e. The van der Waals surface area contributed by atoms with E-state index in [0.29, 0.717) is 5.69 Å². The van der Waals surface area contributed by atoms with Crippen LogP contribution >= 0.6 is 0 Å². The summed E-state index contributed by atoms with van der Waals surface area (Å²) in [5, 5.41) is 3.51. The first-order chi connectivity index (χ1) is 13.7. The maximum Gasteiger partial charge on any atom is 0.193 e. The maximum atomic E-state index is 14.0. The van der Waals surface area contributed by atoms with E-state index in [9.17, 15) is 4.39 Å². The van der Waals surface area contributed by atoms with Crippen LogP contribution in [0.2, 0.25) is 0 Å². The number of halogens is 1. The second kappa shape index (κ2) is 10.6. The molecule has 0 spiro atoms. The number of anilines is 1. The molecule has 28 heavy (non-hydrogen) atoms. The van der Waals surface area contributed by atoms with Crippen LogP contribution in [0, 0.1) is 5.82 Å². The predicted octanol–water partition coefficient (Wildman–Crippen LogP) is 1.55. The van der Waals surface area contributed by atoms with Crippen LogP contribution in [0.25, 0.3) is 0 Å². The molecule has 1 N–H and O–H groups in total. The third-order valence-corrected chi connectivity index (χ3v) is 5.76. The number of hydrogen-bond acceptors (Lipinski definition) is 4. The number of guanidine groups is 1. The van der Waals surface area contributed by atoms with Gasteiger partial charge in [0.15, 0.2) is 5.96 Å². The number of nitrogens with zero attached hydrogens (tertiary/aromatic N) is 5. The molecule has 2 aliphatic heterocycles. The molecule has 0 atom stereocenters. The van der Waals surface area contributed by atoms with Gasteiger partial charge in [-0.2, -0.15) is 0 Å². The summed E-state index contributed by atoms with van der Waals surface area (Å²) < 4.78 is 14.0. The van der Waals surface area contributed by atoms with Gasteiger partial charge in [-0.1, -0.05) is 12.1 Å². The number of aliphatic imine (C=N–C) groups is 1. The molecule has 156 valence electrons. The number of rotatable bonds is 6. The molecule has 2 heterocycles.